The summed E-state index contributed by atoms with van der Waals surface area (Å²) in [5.74, 6) is -0.206. The van der Waals surface area contributed by atoms with Crippen molar-refractivity contribution in [3.63, 3.8) is 0 Å². The van der Waals surface area contributed by atoms with Crippen molar-refractivity contribution in [2.24, 2.45) is 11.1 Å². The normalized spacial score (nSPS) is 22.1. The molecule has 0 aliphatic carbocycles. The van der Waals surface area contributed by atoms with E-state index in [-0.39, 0.29) is 22.0 Å². The SMILES string of the molecule is CC1(CN)CCN(C(=O)c2ccc([N+](=O)[O-])cc2Cl)C1. The van der Waals surface area contributed by atoms with Crippen molar-refractivity contribution in [3.05, 3.63) is 38.9 Å². The molecule has 1 aromatic rings. The Morgan fingerprint density at radius 3 is 2.80 bits per heavy atom. The van der Waals surface area contributed by atoms with Crippen LogP contribution in [0, 0.1) is 15.5 Å². The van der Waals surface area contributed by atoms with Gasteiger partial charge in [0.15, 0.2) is 0 Å². The largest absolute Gasteiger partial charge is 0.338 e. The molecule has 0 spiro atoms. The predicted molar refractivity (Wildman–Crippen MR) is 75.8 cm³/mol. The van der Waals surface area contributed by atoms with Gasteiger partial charge in [0.25, 0.3) is 11.6 Å². The van der Waals surface area contributed by atoms with Crippen molar-refractivity contribution < 1.29 is 9.72 Å². The third kappa shape index (κ3) is 2.76. The number of nitro benzene ring substituents is 1. The zero-order valence-electron chi connectivity index (χ0n) is 11.1. The summed E-state index contributed by atoms with van der Waals surface area (Å²) in [6, 6.07) is 3.89. The second kappa shape index (κ2) is 5.38. The van der Waals surface area contributed by atoms with Crippen LogP contribution in [0.3, 0.4) is 0 Å². The van der Waals surface area contributed by atoms with Gasteiger partial charge in [0.05, 0.1) is 15.5 Å². The number of halogens is 1. The molecule has 0 radical (unpaired) electrons. The summed E-state index contributed by atoms with van der Waals surface area (Å²) in [4.78, 5) is 24.2. The number of non-ortho nitro benzene ring substituents is 1. The highest BCUT2D eigenvalue weighted by atomic mass is 35.5. The first-order valence-corrected chi connectivity index (χ1v) is 6.67. The van der Waals surface area contributed by atoms with E-state index in [9.17, 15) is 14.9 Å². The van der Waals surface area contributed by atoms with Crippen LogP contribution in [-0.4, -0.2) is 35.4 Å². The quantitative estimate of drug-likeness (QED) is 0.683. The summed E-state index contributed by atoms with van der Waals surface area (Å²) in [6.45, 7) is 3.76. The van der Waals surface area contributed by atoms with E-state index in [0.717, 1.165) is 6.42 Å². The van der Waals surface area contributed by atoms with Crippen LogP contribution in [0.25, 0.3) is 0 Å². The average Bonchev–Trinajstić information content (AvgIpc) is 2.81. The Labute approximate surface area is 121 Å². The molecule has 1 aliphatic rings. The van der Waals surface area contributed by atoms with Crippen LogP contribution < -0.4 is 5.73 Å². The number of nitrogens with two attached hydrogens (primary N) is 1. The molecule has 1 amide bonds. The van der Waals surface area contributed by atoms with Crippen molar-refractivity contribution in [3.8, 4) is 0 Å². The smallest absolute Gasteiger partial charge is 0.270 e. The Hall–Kier alpha value is -1.66. The minimum Gasteiger partial charge on any atom is -0.338 e. The molecule has 0 saturated carbocycles. The Morgan fingerprint density at radius 1 is 1.60 bits per heavy atom. The summed E-state index contributed by atoms with van der Waals surface area (Å²) < 4.78 is 0. The monoisotopic (exact) mass is 297 g/mol. The fourth-order valence-corrected chi connectivity index (χ4v) is 2.58. The van der Waals surface area contributed by atoms with Crippen LogP contribution in [-0.2, 0) is 0 Å². The number of nitrogens with zero attached hydrogens (tertiary/aromatic N) is 2. The molecule has 1 saturated heterocycles. The first-order chi connectivity index (χ1) is 9.36. The molecule has 1 unspecified atom stereocenters. The zero-order chi connectivity index (χ0) is 14.9. The molecule has 6 nitrogen and oxygen atoms in total. The van der Waals surface area contributed by atoms with Gasteiger partial charge >= 0.3 is 0 Å². The second-order valence-electron chi connectivity index (χ2n) is 5.41. The van der Waals surface area contributed by atoms with Crippen LogP contribution in [0.1, 0.15) is 23.7 Å². The van der Waals surface area contributed by atoms with E-state index < -0.39 is 4.92 Å². The maximum atomic E-state index is 12.4. The topological polar surface area (TPSA) is 89.5 Å². The summed E-state index contributed by atoms with van der Waals surface area (Å²) in [6.07, 6.45) is 0.847. The van der Waals surface area contributed by atoms with Gasteiger partial charge in [-0.2, -0.15) is 0 Å². The number of hydrogen-bond donors (Lipinski definition) is 1. The van der Waals surface area contributed by atoms with Crippen molar-refractivity contribution >= 4 is 23.2 Å². The van der Waals surface area contributed by atoms with Gasteiger partial charge in [-0.25, -0.2) is 0 Å². The molecular weight excluding hydrogens is 282 g/mol. The van der Waals surface area contributed by atoms with Gasteiger partial charge in [0.2, 0.25) is 0 Å². The molecule has 1 aromatic carbocycles. The fraction of sp³-hybridized carbons (Fsp3) is 0.462. The van der Waals surface area contributed by atoms with Crippen LogP contribution in [0.5, 0.6) is 0 Å². The Balaban J connectivity index is 2.20. The lowest BCUT2D eigenvalue weighted by Gasteiger charge is -2.22. The first kappa shape index (κ1) is 14.7. The standard InChI is InChI=1S/C13H16ClN3O3/c1-13(7-15)4-5-16(8-13)12(18)10-3-2-9(17(19)20)6-11(10)14/h2-3,6H,4-5,7-8,15H2,1H3. The molecule has 2 N–H and O–H groups in total. The number of rotatable bonds is 3. The zero-order valence-corrected chi connectivity index (χ0v) is 11.9. The first-order valence-electron chi connectivity index (χ1n) is 6.29. The van der Waals surface area contributed by atoms with E-state index in [4.69, 9.17) is 17.3 Å². The lowest BCUT2D eigenvalue weighted by molar-refractivity contribution is -0.384. The Morgan fingerprint density at radius 2 is 2.30 bits per heavy atom. The van der Waals surface area contributed by atoms with Crippen LogP contribution in [0.2, 0.25) is 5.02 Å². The highest BCUT2D eigenvalue weighted by Gasteiger charge is 2.35. The molecule has 2 rings (SSSR count). The summed E-state index contributed by atoms with van der Waals surface area (Å²) >= 11 is 5.98. The van der Waals surface area contributed by atoms with Gasteiger partial charge in [-0.3, -0.25) is 14.9 Å². The van der Waals surface area contributed by atoms with Crippen molar-refractivity contribution in [1.82, 2.24) is 4.90 Å². The number of nitro groups is 1. The molecule has 1 aliphatic heterocycles. The predicted octanol–water partition coefficient (Wildman–Crippen LogP) is 2.06. The molecular formula is C13H16ClN3O3. The maximum Gasteiger partial charge on any atom is 0.270 e. The summed E-state index contributed by atoms with van der Waals surface area (Å²) in [5, 5.41) is 10.8. The van der Waals surface area contributed by atoms with Crippen molar-refractivity contribution in [2.45, 2.75) is 13.3 Å². The number of carbonyl (C=O) groups excluding carboxylic acids is 1. The van der Waals surface area contributed by atoms with Crippen LogP contribution in [0.15, 0.2) is 18.2 Å². The van der Waals surface area contributed by atoms with Crippen LogP contribution in [0.4, 0.5) is 5.69 Å². The lowest BCUT2D eigenvalue weighted by atomic mass is 9.90. The molecule has 20 heavy (non-hydrogen) atoms. The molecule has 0 bridgehead atoms. The molecule has 0 aromatic heterocycles. The Bertz CT molecular complexity index is 564. The highest BCUT2D eigenvalue weighted by Crippen LogP contribution is 2.31. The Kier molecular flexibility index (Phi) is 3.96. The number of amides is 1. The van der Waals surface area contributed by atoms with Crippen molar-refractivity contribution in [1.29, 1.82) is 0 Å². The molecule has 1 fully saturated rings. The highest BCUT2D eigenvalue weighted by molar-refractivity contribution is 6.34. The van der Waals surface area contributed by atoms with Gasteiger partial charge < -0.3 is 10.6 Å². The maximum absolute atomic E-state index is 12.4. The van der Waals surface area contributed by atoms with Gasteiger partial charge in [-0.15, -0.1) is 0 Å². The van der Waals surface area contributed by atoms with Gasteiger partial charge in [-0.1, -0.05) is 18.5 Å². The van der Waals surface area contributed by atoms with Gasteiger partial charge in [-0.05, 0) is 24.4 Å². The lowest BCUT2D eigenvalue weighted by Crippen LogP contribution is -2.34. The second-order valence-corrected chi connectivity index (χ2v) is 5.82. The minimum absolute atomic E-state index is 0.0666. The minimum atomic E-state index is -0.540. The molecule has 108 valence electrons. The van der Waals surface area contributed by atoms with Crippen molar-refractivity contribution in [2.75, 3.05) is 19.6 Å². The van der Waals surface area contributed by atoms with Gasteiger partial charge in [0, 0.05) is 25.2 Å². The molecule has 1 heterocycles. The number of likely N-dealkylation sites (tertiary alicyclic amines) is 1. The van der Waals surface area contributed by atoms with Gasteiger partial charge in [0.1, 0.15) is 0 Å². The van der Waals surface area contributed by atoms with E-state index >= 15 is 0 Å². The average molecular weight is 298 g/mol. The third-order valence-electron chi connectivity index (χ3n) is 3.73. The van der Waals surface area contributed by atoms with Crippen LogP contribution >= 0.6 is 11.6 Å². The number of benzene rings is 1. The van der Waals surface area contributed by atoms with E-state index in [1.165, 1.54) is 18.2 Å². The fourth-order valence-electron chi connectivity index (χ4n) is 2.33. The number of carbonyl (C=O) groups is 1. The van der Waals surface area contributed by atoms with E-state index in [0.29, 0.717) is 25.2 Å². The van der Waals surface area contributed by atoms with E-state index in [1.807, 2.05) is 6.92 Å². The summed E-state index contributed by atoms with van der Waals surface area (Å²) in [7, 11) is 0. The number of hydrogen-bond acceptors (Lipinski definition) is 4. The van der Waals surface area contributed by atoms with E-state index in [2.05, 4.69) is 0 Å². The molecule has 7 heteroatoms. The third-order valence-corrected chi connectivity index (χ3v) is 4.04. The van der Waals surface area contributed by atoms with E-state index in [1.54, 1.807) is 4.90 Å². The summed E-state index contributed by atoms with van der Waals surface area (Å²) in [5.41, 5.74) is 5.81. The molecule has 1 atom stereocenters.